The van der Waals surface area contributed by atoms with Crippen LogP contribution in [0.15, 0.2) is 24.3 Å². The molecule has 3 heteroatoms. The summed E-state index contributed by atoms with van der Waals surface area (Å²) in [7, 11) is 0. The van der Waals surface area contributed by atoms with Crippen LogP contribution in [0.1, 0.15) is 39.2 Å². The first kappa shape index (κ1) is 18.5. The highest BCUT2D eigenvalue weighted by Gasteiger charge is 2.12. The van der Waals surface area contributed by atoms with Gasteiger partial charge in [0.15, 0.2) is 0 Å². The molecule has 1 rings (SSSR count). The molecule has 0 aromatic heterocycles. The molecule has 1 N–H and O–H groups in total. The van der Waals surface area contributed by atoms with E-state index in [1.165, 1.54) is 24.3 Å². The fraction of sp³-hybridized carbons (Fsp3) is 0.667. The summed E-state index contributed by atoms with van der Waals surface area (Å²) in [6.45, 7) is 8.67. The van der Waals surface area contributed by atoms with Crippen molar-refractivity contribution in [2.75, 3.05) is 24.6 Å². The van der Waals surface area contributed by atoms with Gasteiger partial charge in [-0.05, 0) is 67.3 Å². The number of rotatable bonds is 11. The van der Waals surface area contributed by atoms with E-state index in [0.29, 0.717) is 11.8 Å². The molecule has 0 aliphatic carbocycles. The summed E-state index contributed by atoms with van der Waals surface area (Å²) in [4.78, 5) is 0. The summed E-state index contributed by atoms with van der Waals surface area (Å²) in [6.07, 6.45) is 3.24. The third-order valence-electron chi connectivity index (χ3n) is 3.56. The highest BCUT2D eigenvalue weighted by Crippen LogP contribution is 2.18. The van der Waals surface area contributed by atoms with Gasteiger partial charge in [0, 0.05) is 0 Å². The molecule has 0 saturated heterocycles. The molecular weight excluding hydrogens is 281 g/mol. The maximum atomic E-state index is 13.8. The van der Waals surface area contributed by atoms with Gasteiger partial charge in [0.05, 0.1) is 0 Å². The van der Waals surface area contributed by atoms with Crippen LogP contribution in [-0.4, -0.2) is 24.6 Å². The van der Waals surface area contributed by atoms with Crippen molar-refractivity contribution < 1.29 is 4.39 Å². The number of benzene rings is 1. The molecule has 0 bridgehead atoms. The molecule has 0 saturated carbocycles. The van der Waals surface area contributed by atoms with Gasteiger partial charge in [0.25, 0.3) is 0 Å². The van der Waals surface area contributed by atoms with E-state index in [1.54, 1.807) is 12.1 Å². The van der Waals surface area contributed by atoms with E-state index in [-0.39, 0.29) is 5.82 Å². The van der Waals surface area contributed by atoms with Gasteiger partial charge in [-0.3, -0.25) is 0 Å². The van der Waals surface area contributed by atoms with Crippen LogP contribution in [0.3, 0.4) is 0 Å². The Hall–Kier alpha value is -0.540. The van der Waals surface area contributed by atoms with Crippen LogP contribution in [0, 0.1) is 17.7 Å². The van der Waals surface area contributed by atoms with Crippen LogP contribution in [0.4, 0.5) is 4.39 Å². The number of hydrogen-bond acceptors (Lipinski definition) is 2. The fourth-order valence-electron chi connectivity index (χ4n) is 2.45. The van der Waals surface area contributed by atoms with Gasteiger partial charge in [0.1, 0.15) is 5.82 Å². The van der Waals surface area contributed by atoms with E-state index in [1.807, 2.05) is 23.9 Å². The minimum atomic E-state index is -0.0608. The Morgan fingerprint density at radius 2 is 1.95 bits per heavy atom. The molecule has 0 fully saturated rings. The normalized spacial score (nSPS) is 12.8. The molecule has 21 heavy (non-hydrogen) atoms. The largest absolute Gasteiger partial charge is 0.316 e. The second-order valence-corrected chi connectivity index (χ2v) is 7.45. The van der Waals surface area contributed by atoms with Crippen LogP contribution in [0.5, 0.6) is 0 Å². The second-order valence-electron chi connectivity index (χ2n) is 6.05. The van der Waals surface area contributed by atoms with Crippen molar-refractivity contribution in [2.45, 2.75) is 40.0 Å². The lowest BCUT2D eigenvalue weighted by atomic mass is 9.94. The van der Waals surface area contributed by atoms with E-state index in [4.69, 9.17) is 0 Å². The Kier molecular flexibility index (Phi) is 9.77. The van der Waals surface area contributed by atoms with Gasteiger partial charge in [-0.1, -0.05) is 39.0 Å². The summed E-state index contributed by atoms with van der Waals surface area (Å²) in [5.41, 5.74) is 0.858. The Morgan fingerprint density at radius 3 is 2.62 bits per heavy atom. The van der Waals surface area contributed by atoms with E-state index < -0.39 is 0 Å². The summed E-state index contributed by atoms with van der Waals surface area (Å²) >= 11 is 1.99. The molecule has 0 amide bonds. The van der Waals surface area contributed by atoms with Crippen LogP contribution < -0.4 is 5.32 Å². The number of nitrogens with one attached hydrogen (secondary N) is 1. The highest BCUT2D eigenvalue weighted by molar-refractivity contribution is 7.99. The van der Waals surface area contributed by atoms with E-state index in [9.17, 15) is 4.39 Å². The lowest BCUT2D eigenvalue weighted by Gasteiger charge is -2.19. The Bertz CT molecular complexity index is 381. The van der Waals surface area contributed by atoms with Crippen LogP contribution in [0.2, 0.25) is 0 Å². The Balaban J connectivity index is 2.47. The monoisotopic (exact) mass is 311 g/mol. The molecule has 120 valence electrons. The topological polar surface area (TPSA) is 12.0 Å². The molecule has 1 aromatic carbocycles. The summed E-state index contributed by atoms with van der Waals surface area (Å²) in [6, 6.07) is 7.19. The average Bonchev–Trinajstić information content (AvgIpc) is 2.45. The van der Waals surface area contributed by atoms with Crippen molar-refractivity contribution in [2.24, 2.45) is 11.8 Å². The molecule has 1 nitrogen and oxygen atoms in total. The molecule has 0 aliphatic heterocycles. The molecule has 0 spiro atoms. The maximum Gasteiger partial charge on any atom is 0.126 e. The number of halogens is 1. The molecule has 1 unspecified atom stereocenters. The summed E-state index contributed by atoms with van der Waals surface area (Å²) in [5, 5.41) is 3.54. The van der Waals surface area contributed by atoms with E-state index >= 15 is 0 Å². The van der Waals surface area contributed by atoms with Crippen LogP contribution >= 0.6 is 11.8 Å². The number of thioether (sulfide) groups is 1. The lowest BCUT2D eigenvalue weighted by molar-refractivity contribution is 0.416. The summed E-state index contributed by atoms with van der Waals surface area (Å²) in [5.74, 6) is 3.53. The third-order valence-corrected chi connectivity index (χ3v) is 4.54. The van der Waals surface area contributed by atoms with E-state index in [2.05, 4.69) is 26.1 Å². The van der Waals surface area contributed by atoms with Crippen molar-refractivity contribution in [1.82, 2.24) is 5.32 Å². The average molecular weight is 312 g/mol. The first-order valence-corrected chi connectivity index (χ1v) is 9.30. The van der Waals surface area contributed by atoms with Crippen molar-refractivity contribution in [1.29, 1.82) is 0 Å². The fourth-order valence-corrected chi connectivity index (χ4v) is 3.11. The second kappa shape index (κ2) is 11.1. The first-order valence-electron chi connectivity index (χ1n) is 8.15. The predicted octanol–water partition coefficient (Wildman–Crippen LogP) is 4.76. The van der Waals surface area contributed by atoms with Gasteiger partial charge >= 0.3 is 0 Å². The van der Waals surface area contributed by atoms with Gasteiger partial charge in [-0.25, -0.2) is 4.39 Å². The minimum Gasteiger partial charge on any atom is -0.316 e. The zero-order valence-corrected chi connectivity index (χ0v) is 14.5. The molecule has 0 heterocycles. The predicted molar refractivity (Wildman–Crippen MR) is 93.5 cm³/mol. The highest BCUT2D eigenvalue weighted by atomic mass is 32.2. The zero-order chi connectivity index (χ0) is 15.5. The van der Waals surface area contributed by atoms with Crippen molar-refractivity contribution in [3.63, 3.8) is 0 Å². The lowest BCUT2D eigenvalue weighted by Crippen LogP contribution is -2.28. The third kappa shape index (κ3) is 8.47. The maximum absolute atomic E-state index is 13.8. The Morgan fingerprint density at radius 1 is 1.19 bits per heavy atom. The Labute approximate surface area is 134 Å². The zero-order valence-electron chi connectivity index (χ0n) is 13.7. The van der Waals surface area contributed by atoms with Crippen molar-refractivity contribution in [3.05, 3.63) is 35.6 Å². The number of hydrogen-bond donors (Lipinski definition) is 1. The standard InChI is InChI=1S/C18H30FNS/c1-4-21-11-7-8-16(14-20-13-15(2)3)12-17-9-5-6-10-18(17)19/h5-6,9-10,15-16,20H,4,7-8,11-14H2,1-3H3. The van der Waals surface area contributed by atoms with E-state index in [0.717, 1.165) is 25.1 Å². The van der Waals surface area contributed by atoms with Crippen molar-refractivity contribution in [3.8, 4) is 0 Å². The van der Waals surface area contributed by atoms with Crippen molar-refractivity contribution >= 4 is 11.8 Å². The molecule has 0 radical (unpaired) electrons. The van der Waals surface area contributed by atoms with Gasteiger partial charge in [0.2, 0.25) is 0 Å². The molecular formula is C18H30FNS. The van der Waals surface area contributed by atoms with Gasteiger partial charge < -0.3 is 5.32 Å². The smallest absolute Gasteiger partial charge is 0.126 e. The summed E-state index contributed by atoms with van der Waals surface area (Å²) < 4.78 is 13.8. The first-order chi connectivity index (χ1) is 10.1. The molecule has 1 aromatic rings. The van der Waals surface area contributed by atoms with Crippen LogP contribution in [-0.2, 0) is 6.42 Å². The molecule has 1 atom stereocenters. The van der Waals surface area contributed by atoms with Crippen LogP contribution in [0.25, 0.3) is 0 Å². The quantitative estimate of drug-likeness (QED) is 0.591. The SMILES string of the molecule is CCSCCCC(CNCC(C)C)Cc1ccccc1F. The van der Waals surface area contributed by atoms with Gasteiger partial charge in [-0.15, -0.1) is 0 Å². The molecule has 0 aliphatic rings. The minimum absolute atomic E-state index is 0.0608. The van der Waals surface area contributed by atoms with Gasteiger partial charge in [-0.2, -0.15) is 11.8 Å².